The standard InChI is InChI=1S/C15H21NO3S/c1-16(9-11-20(2,18)19)13-15-8-5-7-14(12-15)6-3-4-10-17/h5,7-8,12,17H,4,9-11,13H2,1-2H3. The number of hydrogen-bond donors (Lipinski definition) is 1. The van der Waals surface area contributed by atoms with Crippen LogP contribution in [0.4, 0.5) is 0 Å². The Hall–Kier alpha value is -1.35. The average molecular weight is 295 g/mol. The van der Waals surface area contributed by atoms with Crippen LogP contribution < -0.4 is 0 Å². The van der Waals surface area contributed by atoms with E-state index in [1.165, 1.54) is 6.26 Å². The van der Waals surface area contributed by atoms with Gasteiger partial charge in [-0.25, -0.2) is 8.42 Å². The van der Waals surface area contributed by atoms with Gasteiger partial charge in [0.05, 0.1) is 12.4 Å². The number of benzene rings is 1. The van der Waals surface area contributed by atoms with Gasteiger partial charge in [0, 0.05) is 31.3 Å². The molecular weight excluding hydrogens is 274 g/mol. The molecule has 110 valence electrons. The van der Waals surface area contributed by atoms with Crippen molar-refractivity contribution in [2.24, 2.45) is 0 Å². The van der Waals surface area contributed by atoms with Gasteiger partial charge in [-0.3, -0.25) is 0 Å². The first-order valence-electron chi connectivity index (χ1n) is 6.45. The molecule has 1 N–H and O–H groups in total. The van der Waals surface area contributed by atoms with Gasteiger partial charge in [0.2, 0.25) is 0 Å². The average Bonchev–Trinajstić information content (AvgIpc) is 2.36. The second kappa shape index (κ2) is 8.05. The molecule has 0 aromatic heterocycles. The largest absolute Gasteiger partial charge is 0.395 e. The van der Waals surface area contributed by atoms with Crippen molar-refractivity contribution in [3.63, 3.8) is 0 Å². The van der Waals surface area contributed by atoms with Crippen LogP contribution in [0, 0.1) is 11.8 Å². The summed E-state index contributed by atoms with van der Waals surface area (Å²) in [6, 6.07) is 7.84. The van der Waals surface area contributed by atoms with Crippen molar-refractivity contribution in [2.75, 3.05) is 32.2 Å². The number of nitrogens with zero attached hydrogens (tertiary/aromatic N) is 1. The van der Waals surface area contributed by atoms with Gasteiger partial charge in [0.25, 0.3) is 0 Å². The molecule has 0 unspecified atom stereocenters. The fourth-order valence-electron chi connectivity index (χ4n) is 1.68. The van der Waals surface area contributed by atoms with E-state index in [1.54, 1.807) is 0 Å². The lowest BCUT2D eigenvalue weighted by molar-refractivity contribution is 0.305. The minimum atomic E-state index is -2.92. The number of sulfone groups is 1. The van der Waals surface area contributed by atoms with Crippen LogP contribution in [0.3, 0.4) is 0 Å². The molecule has 0 saturated carbocycles. The molecule has 1 rings (SSSR count). The normalized spacial score (nSPS) is 11.2. The number of rotatable bonds is 6. The zero-order chi connectivity index (χ0) is 15.0. The highest BCUT2D eigenvalue weighted by molar-refractivity contribution is 7.90. The summed E-state index contributed by atoms with van der Waals surface area (Å²) in [5.74, 6) is 6.04. The second-order valence-corrected chi connectivity index (χ2v) is 7.10. The van der Waals surface area contributed by atoms with Gasteiger partial charge in [0.1, 0.15) is 9.84 Å². The Balaban J connectivity index is 2.60. The van der Waals surface area contributed by atoms with E-state index < -0.39 is 9.84 Å². The van der Waals surface area contributed by atoms with E-state index >= 15 is 0 Å². The summed E-state index contributed by atoms with van der Waals surface area (Å²) in [6.07, 6.45) is 1.72. The van der Waals surface area contributed by atoms with Crippen LogP contribution in [-0.2, 0) is 16.4 Å². The maximum atomic E-state index is 11.1. The van der Waals surface area contributed by atoms with Crippen LogP contribution in [0.5, 0.6) is 0 Å². The maximum Gasteiger partial charge on any atom is 0.148 e. The molecule has 1 aromatic rings. The van der Waals surface area contributed by atoms with Crippen molar-refractivity contribution >= 4 is 9.84 Å². The minimum Gasteiger partial charge on any atom is -0.395 e. The van der Waals surface area contributed by atoms with E-state index in [9.17, 15) is 8.42 Å². The Morgan fingerprint density at radius 1 is 1.35 bits per heavy atom. The van der Waals surface area contributed by atoms with Crippen molar-refractivity contribution in [1.29, 1.82) is 0 Å². The van der Waals surface area contributed by atoms with Gasteiger partial charge in [0.15, 0.2) is 0 Å². The van der Waals surface area contributed by atoms with Crippen molar-refractivity contribution in [3.05, 3.63) is 35.4 Å². The predicted molar refractivity (Wildman–Crippen MR) is 81.1 cm³/mol. The summed E-state index contributed by atoms with van der Waals surface area (Å²) >= 11 is 0. The Kier molecular flexibility index (Phi) is 6.73. The lowest BCUT2D eigenvalue weighted by Crippen LogP contribution is -2.24. The smallest absolute Gasteiger partial charge is 0.148 e. The summed E-state index contributed by atoms with van der Waals surface area (Å²) < 4.78 is 22.2. The Bertz CT molecular complexity index is 585. The summed E-state index contributed by atoms with van der Waals surface area (Å²) in [4.78, 5) is 1.97. The van der Waals surface area contributed by atoms with Gasteiger partial charge in [-0.05, 0) is 24.7 Å². The molecule has 20 heavy (non-hydrogen) atoms. The van der Waals surface area contributed by atoms with E-state index in [-0.39, 0.29) is 12.4 Å². The van der Waals surface area contributed by atoms with Gasteiger partial charge in [-0.1, -0.05) is 24.0 Å². The van der Waals surface area contributed by atoms with Gasteiger partial charge in [-0.15, -0.1) is 0 Å². The molecule has 0 bridgehead atoms. The van der Waals surface area contributed by atoms with Crippen molar-refractivity contribution in [2.45, 2.75) is 13.0 Å². The summed E-state index contributed by atoms with van der Waals surface area (Å²) in [7, 11) is -1.02. The maximum absolute atomic E-state index is 11.1. The summed E-state index contributed by atoms with van der Waals surface area (Å²) in [5.41, 5.74) is 2.00. The van der Waals surface area contributed by atoms with Crippen LogP contribution in [0.2, 0.25) is 0 Å². The van der Waals surface area contributed by atoms with Crippen molar-refractivity contribution in [3.8, 4) is 11.8 Å². The highest BCUT2D eigenvalue weighted by Crippen LogP contribution is 2.07. The molecule has 1 aromatic carbocycles. The zero-order valence-corrected chi connectivity index (χ0v) is 12.8. The van der Waals surface area contributed by atoms with Gasteiger partial charge < -0.3 is 10.0 Å². The topological polar surface area (TPSA) is 57.6 Å². The fraction of sp³-hybridized carbons (Fsp3) is 0.467. The van der Waals surface area contributed by atoms with E-state index in [4.69, 9.17) is 5.11 Å². The first kappa shape index (κ1) is 16.7. The van der Waals surface area contributed by atoms with Crippen molar-refractivity contribution < 1.29 is 13.5 Å². The molecular formula is C15H21NO3S. The summed E-state index contributed by atoms with van der Waals surface area (Å²) in [5, 5.41) is 8.68. The number of aliphatic hydroxyl groups is 1. The van der Waals surface area contributed by atoms with E-state index in [0.29, 0.717) is 19.5 Å². The van der Waals surface area contributed by atoms with Crippen LogP contribution in [0.25, 0.3) is 0 Å². The summed E-state index contributed by atoms with van der Waals surface area (Å²) in [6.45, 7) is 1.27. The van der Waals surface area contributed by atoms with E-state index in [1.807, 2.05) is 36.2 Å². The fourth-order valence-corrected chi connectivity index (χ4v) is 2.32. The molecule has 5 heteroatoms. The van der Waals surface area contributed by atoms with Crippen LogP contribution >= 0.6 is 0 Å². The third kappa shape index (κ3) is 7.29. The lowest BCUT2D eigenvalue weighted by Gasteiger charge is -2.16. The third-order valence-electron chi connectivity index (χ3n) is 2.69. The molecule has 0 radical (unpaired) electrons. The first-order chi connectivity index (χ1) is 9.40. The van der Waals surface area contributed by atoms with Gasteiger partial charge in [-0.2, -0.15) is 0 Å². The van der Waals surface area contributed by atoms with Crippen LogP contribution in [0.1, 0.15) is 17.5 Å². The molecule has 0 saturated heterocycles. The quantitative estimate of drug-likeness (QED) is 0.792. The second-order valence-electron chi connectivity index (χ2n) is 4.84. The monoisotopic (exact) mass is 295 g/mol. The molecule has 0 aliphatic carbocycles. The predicted octanol–water partition coefficient (Wildman–Crippen LogP) is 0.897. The molecule has 0 aliphatic rings. The zero-order valence-electron chi connectivity index (χ0n) is 12.0. The SMILES string of the molecule is CN(CCS(C)(=O)=O)Cc1cccc(C#CCCO)c1. The molecule has 4 nitrogen and oxygen atoms in total. The Morgan fingerprint density at radius 2 is 2.10 bits per heavy atom. The molecule has 0 aliphatic heterocycles. The van der Waals surface area contributed by atoms with E-state index in [0.717, 1.165) is 11.1 Å². The third-order valence-corrected chi connectivity index (χ3v) is 3.62. The Morgan fingerprint density at radius 3 is 2.75 bits per heavy atom. The Labute approximate surface area is 121 Å². The van der Waals surface area contributed by atoms with Gasteiger partial charge >= 0.3 is 0 Å². The highest BCUT2D eigenvalue weighted by Gasteiger charge is 2.06. The minimum absolute atomic E-state index is 0.0704. The van der Waals surface area contributed by atoms with E-state index in [2.05, 4.69) is 11.8 Å². The first-order valence-corrected chi connectivity index (χ1v) is 8.52. The molecule has 0 amide bonds. The van der Waals surface area contributed by atoms with Crippen molar-refractivity contribution in [1.82, 2.24) is 4.90 Å². The lowest BCUT2D eigenvalue weighted by atomic mass is 10.1. The highest BCUT2D eigenvalue weighted by atomic mass is 32.2. The van der Waals surface area contributed by atoms with Crippen LogP contribution in [0.15, 0.2) is 24.3 Å². The molecule has 0 heterocycles. The van der Waals surface area contributed by atoms with Crippen LogP contribution in [-0.4, -0.2) is 50.6 Å². The molecule has 0 spiro atoms. The number of aliphatic hydroxyl groups excluding tert-OH is 1. The molecule has 0 fully saturated rings. The molecule has 0 atom stereocenters. The number of hydrogen-bond acceptors (Lipinski definition) is 4.